The summed E-state index contributed by atoms with van der Waals surface area (Å²) < 4.78 is 4.45. The molecule has 0 saturated heterocycles. The molecular formula is C11H18N2O5. The first-order chi connectivity index (χ1) is 8.42. The molecular weight excluding hydrogens is 240 g/mol. The van der Waals surface area contributed by atoms with Crippen LogP contribution in [0.15, 0.2) is 12.7 Å². The summed E-state index contributed by atoms with van der Waals surface area (Å²) in [4.78, 5) is 35.8. The molecule has 0 spiro atoms. The predicted molar refractivity (Wildman–Crippen MR) is 64.1 cm³/mol. The molecule has 0 aromatic heterocycles. The number of hydrogen-bond donors (Lipinski definition) is 1. The molecule has 1 N–H and O–H groups in total. The molecule has 0 aliphatic carbocycles. The molecule has 0 aromatic carbocycles. The number of amides is 2. The number of aliphatic carboxylic acids is 1. The number of carboxylic acids is 1. The smallest absolute Gasteiger partial charge is 0.323 e. The number of methoxy groups -OCH3 is 1. The zero-order chi connectivity index (χ0) is 14.1. The number of carboxylic acid groups (broad SMARTS) is 1. The number of urea groups is 1. The minimum Gasteiger partial charge on any atom is -0.480 e. The molecule has 0 saturated carbocycles. The Bertz CT molecular complexity index is 329. The minimum absolute atomic E-state index is 0.0632. The first-order valence-corrected chi connectivity index (χ1v) is 5.32. The zero-order valence-electron chi connectivity index (χ0n) is 10.6. The number of hydrogen-bond acceptors (Lipinski definition) is 4. The number of esters is 1. The Morgan fingerprint density at radius 2 is 2.00 bits per heavy atom. The molecule has 0 bridgehead atoms. The summed E-state index contributed by atoms with van der Waals surface area (Å²) in [6.07, 6.45) is 1.50. The molecule has 0 fully saturated rings. The topological polar surface area (TPSA) is 87.2 Å². The summed E-state index contributed by atoms with van der Waals surface area (Å²) in [6.45, 7) is 3.35. The molecule has 0 unspecified atom stereocenters. The first-order valence-electron chi connectivity index (χ1n) is 5.32. The van der Waals surface area contributed by atoms with Gasteiger partial charge < -0.3 is 19.6 Å². The van der Waals surface area contributed by atoms with Crippen molar-refractivity contribution in [2.75, 3.05) is 33.8 Å². The van der Waals surface area contributed by atoms with E-state index in [0.717, 1.165) is 4.90 Å². The van der Waals surface area contributed by atoms with Crippen LogP contribution in [0.1, 0.15) is 6.42 Å². The van der Waals surface area contributed by atoms with Crippen molar-refractivity contribution in [3.63, 3.8) is 0 Å². The lowest BCUT2D eigenvalue weighted by atomic mass is 10.4. The second kappa shape index (κ2) is 8.10. The largest absolute Gasteiger partial charge is 0.480 e. The number of rotatable bonds is 7. The third kappa shape index (κ3) is 5.88. The highest BCUT2D eigenvalue weighted by atomic mass is 16.5. The summed E-state index contributed by atoms with van der Waals surface area (Å²) in [5.41, 5.74) is 0. The summed E-state index contributed by atoms with van der Waals surface area (Å²) in [5, 5.41) is 8.68. The number of nitrogens with zero attached hydrogens (tertiary/aromatic N) is 2. The van der Waals surface area contributed by atoms with Gasteiger partial charge in [-0.3, -0.25) is 9.59 Å². The van der Waals surface area contributed by atoms with E-state index in [4.69, 9.17) is 5.11 Å². The van der Waals surface area contributed by atoms with Gasteiger partial charge in [-0.25, -0.2) is 4.79 Å². The summed E-state index contributed by atoms with van der Waals surface area (Å²) >= 11 is 0. The van der Waals surface area contributed by atoms with E-state index in [9.17, 15) is 14.4 Å². The van der Waals surface area contributed by atoms with Crippen molar-refractivity contribution in [3.05, 3.63) is 12.7 Å². The molecule has 0 aliphatic heterocycles. The number of carbonyl (C=O) groups is 3. The van der Waals surface area contributed by atoms with Gasteiger partial charge in [-0.2, -0.15) is 0 Å². The van der Waals surface area contributed by atoms with E-state index in [-0.39, 0.29) is 19.5 Å². The molecule has 0 aromatic rings. The fourth-order valence-electron chi connectivity index (χ4n) is 1.23. The van der Waals surface area contributed by atoms with Crippen molar-refractivity contribution in [2.24, 2.45) is 0 Å². The average molecular weight is 258 g/mol. The molecule has 0 rings (SSSR count). The maximum Gasteiger partial charge on any atom is 0.323 e. The van der Waals surface area contributed by atoms with E-state index in [1.165, 1.54) is 25.1 Å². The van der Waals surface area contributed by atoms with Crippen LogP contribution in [0.5, 0.6) is 0 Å². The van der Waals surface area contributed by atoms with Gasteiger partial charge in [0.25, 0.3) is 0 Å². The van der Waals surface area contributed by atoms with Gasteiger partial charge in [0.2, 0.25) is 0 Å². The average Bonchev–Trinajstić information content (AvgIpc) is 2.33. The van der Waals surface area contributed by atoms with Crippen molar-refractivity contribution in [1.29, 1.82) is 0 Å². The number of carbonyl (C=O) groups excluding carboxylic acids is 2. The van der Waals surface area contributed by atoms with Crippen LogP contribution in [0, 0.1) is 0 Å². The molecule has 0 aliphatic rings. The molecule has 0 radical (unpaired) electrons. The molecule has 0 heterocycles. The van der Waals surface area contributed by atoms with Crippen LogP contribution in [0.25, 0.3) is 0 Å². The van der Waals surface area contributed by atoms with Crippen molar-refractivity contribution >= 4 is 18.0 Å². The SMILES string of the molecule is C=CCN(CC(=O)O)C(=O)N(C)CCC(=O)OC. The standard InChI is InChI=1S/C11H18N2O5/c1-4-6-13(8-9(14)15)11(17)12(2)7-5-10(16)18-3/h4H,1,5-8H2,2-3H3,(H,14,15). The van der Waals surface area contributed by atoms with Gasteiger partial charge in [-0.1, -0.05) is 6.08 Å². The Morgan fingerprint density at radius 3 is 2.44 bits per heavy atom. The van der Waals surface area contributed by atoms with Crippen molar-refractivity contribution in [3.8, 4) is 0 Å². The lowest BCUT2D eigenvalue weighted by molar-refractivity contribution is -0.141. The Hall–Kier alpha value is -2.05. The second-order valence-corrected chi connectivity index (χ2v) is 3.59. The van der Waals surface area contributed by atoms with Crippen LogP contribution in [0.3, 0.4) is 0 Å². The number of ether oxygens (including phenoxy) is 1. The van der Waals surface area contributed by atoms with Crippen LogP contribution in [0.4, 0.5) is 4.79 Å². The van der Waals surface area contributed by atoms with Crippen LogP contribution in [-0.4, -0.2) is 66.7 Å². The monoisotopic (exact) mass is 258 g/mol. The van der Waals surface area contributed by atoms with Gasteiger partial charge in [0.05, 0.1) is 13.5 Å². The van der Waals surface area contributed by atoms with Crippen molar-refractivity contribution in [1.82, 2.24) is 9.80 Å². The van der Waals surface area contributed by atoms with Crippen LogP contribution >= 0.6 is 0 Å². The highest BCUT2D eigenvalue weighted by Gasteiger charge is 2.19. The zero-order valence-corrected chi connectivity index (χ0v) is 10.6. The van der Waals surface area contributed by atoms with Crippen molar-refractivity contribution < 1.29 is 24.2 Å². The lowest BCUT2D eigenvalue weighted by Crippen LogP contribution is -2.44. The van der Waals surface area contributed by atoms with E-state index in [0.29, 0.717) is 0 Å². The van der Waals surface area contributed by atoms with Crippen LogP contribution in [0.2, 0.25) is 0 Å². The van der Waals surface area contributed by atoms with E-state index in [1.807, 2.05) is 0 Å². The van der Waals surface area contributed by atoms with Crippen molar-refractivity contribution in [2.45, 2.75) is 6.42 Å². The lowest BCUT2D eigenvalue weighted by Gasteiger charge is -2.25. The Balaban J connectivity index is 4.40. The third-order valence-corrected chi connectivity index (χ3v) is 2.15. The maximum absolute atomic E-state index is 11.9. The predicted octanol–water partition coefficient (Wildman–Crippen LogP) is 0.174. The Kier molecular flexibility index (Phi) is 7.18. The summed E-state index contributed by atoms with van der Waals surface area (Å²) in [5.74, 6) is -1.53. The highest BCUT2D eigenvalue weighted by molar-refractivity contribution is 5.80. The van der Waals surface area contributed by atoms with Gasteiger partial charge in [-0.05, 0) is 0 Å². The molecule has 102 valence electrons. The van der Waals surface area contributed by atoms with Crippen LogP contribution in [-0.2, 0) is 14.3 Å². The van der Waals surface area contributed by atoms with E-state index in [2.05, 4.69) is 11.3 Å². The Labute approximate surface area is 106 Å². The highest BCUT2D eigenvalue weighted by Crippen LogP contribution is 1.99. The van der Waals surface area contributed by atoms with Gasteiger partial charge >= 0.3 is 18.0 Å². The quantitative estimate of drug-likeness (QED) is 0.519. The maximum atomic E-state index is 11.9. The van der Waals surface area contributed by atoms with Gasteiger partial charge in [-0.15, -0.1) is 6.58 Å². The molecule has 7 heteroatoms. The van der Waals surface area contributed by atoms with Gasteiger partial charge in [0, 0.05) is 20.1 Å². The Morgan fingerprint density at radius 1 is 1.39 bits per heavy atom. The molecule has 7 nitrogen and oxygen atoms in total. The molecule has 18 heavy (non-hydrogen) atoms. The third-order valence-electron chi connectivity index (χ3n) is 2.15. The van der Waals surface area contributed by atoms with E-state index in [1.54, 1.807) is 0 Å². The first kappa shape index (κ1) is 16.0. The van der Waals surface area contributed by atoms with Gasteiger partial charge in [0.1, 0.15) is 6.54 Å². The van der Waals surface area contributed by atoms with Crippen LogP contribution < -0.4 is 0 Å². The fourth-order valence-corrected chi connectivity index (χ4v) is 1.23. The summed E-state index contributed by atoms with van der Waals surface area (Å²) in [7, 11) is 2.75. The normalized spacial score (nSPS) is 9.44. The second-order valence-electron chi connectivity index (χ2n) is 3.59. The molecule has 0 atom stereocenters. The van der Waals surface area contributed by atoms with E-state index >= 15 is 0 Å². The van der Waals surface area contributed by atoms with E-state index < -0.39 is 24.5 Å². The van der Waals surface area contributed by atoms with Gasteiger partial charge in [0.15, 0.2) is 0 Å². The molecule has 2 amide bonds. The minimum atomic E-state index is -1.11. The fraction of sp³-hybridized carbons (Fsp3) is 0.545. The summed E-state index contributed by atoms with van der Waals surface area (Å²) in [6, 6.07) is -0.471.